The number of carbonyl (C=O) groups excluding carboxylic acids is 2. The lowest BCUT2D eigenvalue weighted by Crippen LogP contribution is -2.45. The van der Waals surface area contributed by atoms with Gasteiger partial charge in [0.2, 0.25) is 11.8 Å². The fourth-order valence-electron chi connectivity index (χ4n) is 3.65. The van der Waals surface area contributed by atoms with E-state index in [1.807, 2.05) is 0 Å². The number of thioether (sulfide) groups is 1. The number of amides is 2. The van der Waals surface area contributed by atoms with Gasteiger partial charge < -0.3 is 10.2 Å². The van der Waals surface area contributed by atoms with Crippen LogP contribution < -0.4 is 10.0 Å². The van der Waals surface area contributed by atoms with E-state index >= 15 is 0 Å². The largest absolute Gasteiger partial charge is 0.341 e. The van der Waals surface area contributed by atoms with Crippen molar-refractivity contribution in [1.82, 2.24) is 4.90 Å². The Kier molecular flexibility index (Phi) is 6.38. The van der Waals surface area contributed by atoms with E-state index < -0.39 is 38.5 Å². The van der Waals surface area contributed by atoms with Gasteiger partial charge in [-0.2, -0.15) is 0 Å². The van der Waals surface area contributed by atoms with Gasteiger partial charge in [-0.3, -0.25) is 14.3 Å². The van der Waals surface area contributed by atoms with E-state index in [0.717, 1.165) is 49.6 Å². The van der Waals surface area contributed by atoms with Crippen molar-refractivity contribution in [3.63, 3.8) is 0 Å². The number of rotatable bonds is 4. The van der Waals surface area contributed by atoms with Crippen LogP contribution >= 0.6 is 11.8 Å². The number of hydrogen-bond donors (Lipinski definition) is 2. The Morgan fingerprint density at radius 1 is 1.06 bits per heavy atom. The number of sulfonamides is 1. The molecule has 4 rings (SSSR count). The quantitative estimate of drug-likeness (QED) is 0.651. The first-order chi connectivity index (χ1) is 15.2. The number of benzene rings is 2. The molecule has 0 bridgehead atoms. The molecule has 2 amide bonds. The molecule has 1 atom stereocenters. The molecule has 2 aliphatic heterocycles. The molecule has 0 saturated carbocycles. The standard InChI is InChI=1S/C21H21F2N3O4S2/c22-13-5-7-16(15(23)11-13)25-32(29,30)14-6-8-18-17(12-14)24-20(27)19(31-18)21(28)26-9-3-1-2-4-10-26/h5-8,11-12,19,25H,1-4,9-10H2,(H,24,27). The Morgan fingerprint density at radius 2 is 1.78 bits per heavy atom. The first-order valence-corrected chi connectivity index (χ1v) is 12.5. The molecule has 0 spiro atoms. The average molecular weight is 482 g/mol. The minimum absolute atomic E-state index is 0.210. The van der Waals surface area contributed by atoms with Gasteiger partial charge in [-0.15, -0.1) is 11.8 Å². The Morgan fingerprint density at radius 3 is 2.47 bits per heavy atom. The van der Waals surface area contributed by atoms with Crippen LogP contribution in [0.15, 0.2) is 46.2 Å². The summed E-state index contributed by atoms with van der Waals surface area (Å²) in [6.45, 7) is 1.25. The van der Waals surface area contributed by atoms with Crippen molar-refractivity contribution in [2.24, 2.45) is 0 Å². The van der Waals surface area contributed by atoms with Gasteiger partial charge in [0, 0.05) is 24.1 Å². The zero-order valence-corrected chi connectivity index (χ0v) is 18.6. The first kappa shape index (κ1) is 22.5. The minimum atomic E-state index is -4.20. The first-order valence-electron chi connectivity index (χ1n) is 10.1. The fraction of sp³-hybridized carbons (Fsp3) is 0.333. The summed E-state index contributed by atoms with van der Waals surface area (Å²) in [6.07, 6.45) is 3.93. The molecule has 1 saturated heterocycles. The lowest BCUT2D eigenvalue weighted by molar-refractivity contribution is -0.133. The van der Waals surface area contributed by atoms with Crippen LogP contribution in [-0.4, -0.2) is 43.5 Å². The number of hydrogen-bond acceptors (Lipinski definition) is 5. The number of likely N-dealkylation sites (tertiary alicyclic amines) is 1. The maximum atomic E-state index is 13.9. The van der Waals surface area contributed by atoms with Crippen LogP contribution in [0.3, 0.4) is 0 Å². The van der Waals surface area contributed by atoms with E-state index in [9.17, 15) is 26.8 Å². The second kappa shape index (κ2) is 9.07. The van der Waals surface area contributed by atoms with E-state index in [-0.39, 0.29) is 16.5 Å². The zero-order chi connectivity index (χ0) is 22.9. The predicted octanol–water partition coefficient (Wildman–Crippen LogP) is 3.58. The number of carbonyl (C=O) groups is 2. The van der Waals surface area contributed by atoms with Gasteiger partial charge in [0.25, 0.3) is 10.0 Å². The highest BCUT2D eigenvalue weighted by molar-refractivity contribution is 8.01. The molecule has 1 unspecified atom stereocenters. The third-order valence-corrected chi connectivity index (χ3v) is 7.94. The molecule has 2 aromatic carbocycles. The molecule has 0 aromatic heterocycles. The summed E-state index contributed by atoms with van der Waals surface area (Å²) in [6, 6.07) is 6.54. The van der Waals surface area contributed by atoms with Crippen molar-refractivity contribution in [2.45, 2.75) is 40.7 Å². The lowest BCUT2D eigenvalue weighted by Gasteiger charge is -2.28. The number of nitrogens with zero attached hydrogens (tertiary/aromatic N) is 1. The Labute approximate surface area is 188 Å². The molecule has 7 nitrogen and oxygen atoms in total. The number of anilines is 2. The summed E-state index contributed by atoms with van der Waals surface area (Å²) in [5.41, 5.74) is -0.145. The van der Waals surface area contributed by atoms with Gasteiger partial charge in [-0.25, -0.2) is 17.2 Å². The van der Waals surface area contributed by atoms with E-state index in [0.29, 0.717) is 24.1 Å². The number of halogens is 2. The van der Waals surface area contributed by atoms with E-state index in [1.54, 1.807) is 4.90 Å². The van der Waals surface area contributed by atoms with Crippen LogP contribution in [0.4, 0.5) is 20.2 Å². The average Bonchev–Trinajstić information content (AvgIpc) is 3.04. The second-order valence-electron chi connectivity index (χ2n) is 7.61. The van der Waals surface area contributed by atoms with Crippen LogP contribution in [0.5, 0.6) is 0 Å². The van der Waals surface area contributed by atoms with Crippen molar-refractivity contribution < 1.29 is 26.8 Å². The number of fused-ring (bicyclic) bond motifs is 1. The van der Waals surface area contributed by atoms with Crippen LogP contribution in [-0.2, 0) is 19.6 Å². The Bertz CT molecular complexity index is 1170. The Balaban J connectivity index is 1.53. The fourth-order valence-corrected chi connectivity index (χ4v) is 5.80. The number of nitrogens with one attached hydrogen (secondary N) is 2. The van der Waals surface area contributed by atoms with Crippen LogP contribution in [0, 0.1) is 11.6 Å². The van der Waals surface area contributed by atoms with Gasteiger partial charge in [0.15, 0.2) is 5.25 Å². The maximum absolute atomic E-state index is 13.9. The Hall–Kier alpha value is -2.66. The molecule has 170 valence electrons. The van der Waals surface area contributed by atoms with Gasteiger partial charge in [0.05, 0.1) is 16.3 Å². The molecule has 2 heterocycles. The molecule has 2 N–H and O–H groups in total. The third kappa shape index (κ3) is 4.73. The molecule has 2 aliphatic rings. The lowest BCUT2D eigenvalue weighted by atomic mass is 10.2. The van der Waals surface area contributed by atoms with Gasteiger partial charge in [-0.1, -0.05) is 12.8 Å². The highest BCUT2D eigenvalue weighted by Gasteiger charge is 2.36. The van der Waals surface area contributed by atoms with Crippen LogP contribution in [0.25, 0.3) is 0 Å². The van der Waals surface area contributed by atoms with Gasteiger partial charge in [-0.05, 0) is 43.2 Å². The van der Waals surface area contributed by atoms with Gasteiger partial charge in [0.1, 0.15) is 11.6 Å². The third-order valence-electron chi connectivity index (χ3n) is 5.32. The maximum Gasteiger partial charge on any atom is 0.262 e. The van der Waals surface area contributed by atoms with E-state index in [1.165, 1.54) is 18.2 Å². The normalized spacial score (nSPS) is 19.0. The van der Waals surface area contributed by atoms with Crippen molar-refractivity contribution in [3.8, 4) is 0 Å². The molecule has 2 aromatic rings. The molecule has 11 heteroatoms. The van der Waals surface area contributed by atoms with Crippen molar-refractivity contribution >= 4 is 45.0 Å². The monoisotopic (exact) mass is 481 g/mol. The van der Waals surface area contributed by atoms with Crippen LogP contribution in [0.2, 0.25) is 0 Å². The molecule has 32 heavy (non-hydrogen) atoms. The second-order valence-corrected chi connectivity index (χ2v) is 10.4. The highest BCUT2D eigenvalue weighted by Crippen LogP contribution is 2.38. The molecule has 1 fully saturated rings. The van der Waals surface area contributed by atoms with Crippen molar-refractivity contribution in [2.75, 3.05) is 23.1 Å². The summed E-state index contributed by atoms with van der Waals surface area (Å²) in [5.74, 6) is -2.64. The summed E-state index contributed by atoms with van der Waals surface area (Å²) >= 11 is 1.08. The predicted molar refractivity (Wildman–Crippen MR) is 117 cm³/mol. The zero-order valence-electron chi connectivity index (χ0n) is 16.9. The highest BCUT2D eigenvalue weighted by atomic mass is 32.2. The SMILES string of the molecule is O=C1Nc2cc(S(=O)(=O)Nc3ccc(F)cc3F)ccc2SC1C(=O)N1CCCCCC1. The van der Waals surface area contributed by atoms with Gasteiger partial charge >= 0.3 is 0 Å². The molecular weight excluding hydrogens is 460 g/mol. The van der Waals surface area contributed by atoms with Crippen LogP contribution in [0.1, 0.15) is 25.7 Å². The van der Waals surface area contributed by atoms with E-state index in [4.69, 9.17) is 0 Å². The molecule has 0 radical (unpaired) electrons. The minimum Gasteiger partial charge on any atom is -0.341 e. The summed E-state index contributed by atoms with van der Waals surface area (Å²) in [7, 11) is -4.20. The van der Waals surface area contributed by atoms with Crippen molar-refractivity contribution in [3.05, 3.63) is 48.0 Å². The topological polar surface area (TPSA) is 95.6 Å². The summed E-state index contributed by atoms with van der Waals surface area (Å²) < 4.78 is 54.3. The molecular formula is C21H21F2N3O4S2. The smallest absolute Gasteiger partial charge is 0.262 e. The summed E-state index contributed by atoms with van der Waals surface area (Å²) in [4.78, 5) is 27.6. The van der Waals surface area contributed by atoms with E-state index in [2.05, 4.69) is 10.0 Å². The summed E-state index contributed by atoms with van der Waals surface area (Å²) in [5, 5.41) is 1.68. The van der Waals surface area contributed by atoms with Crippen molar-refractivity contribution in [1.29, 1.82) is 0 Å². The molecule has 0 aliphatic carbocycles.